The summed E-state index contributed by atoms with van der Waals surface area (Å²) in [4.78, 5) is 17.3. The summed E-state index contributed by atoms with van der Waals surface area (Å²) in [5.74, 6) is 0.234. The number of nitrogens with one attached hydrogen (secondary N) is 1. The fourth-order valence-electron chi connectivity index (χ4n) is 4.14. The molecule has 3 N–H and O–H groups in total. The highest BCUT2D eigenvalue weighted by Gasteiger charge is 2.39. The number of nitrogens with zero attached hydrogens (tertiary/aromatic N) is 2. The summed E-state index contributed by atoms with van der Waals surface area (Å²) in [5, 5.41) is 3.27. The topological polar surface area (TPSA) is 61.6 Å². The summed E-state index contributed by atoms with van der Waals surface area (Å²) in [6.07, 6.45) is 11.3. The van der Waals surface area contributed by atoms with E-state index in [0.29, 0.717) is 6.42 Å². The van der Waals surface area contributed by atoms with Gasteiger partial charge in [0.25, 0.3) is 0 Å². The highest BCUT2D eigenvalue weighted by Crippen LogP contribution is 2.30. The van der Waals surface area contributed by atoms with Crippen LogP contribution in [0.25, 0.3) is 0 Å². The van der Waals surface area contributed by atoms with Crippen molar-refractivity contribution in [2.75, 3.05) is 46.3 Å². The molecule has 2 rings (SSSR count). The number of hydrogen-bond acceptors (Lipinski definition) is 4. The molecule has 2 aliphatic rings. The molecule has 0 aliphatic carbocycles. The number of nitrogens with two attached hydrogens (primary N) is 1. The van der Waals surface area contributed by atoms with Gasteiger partial charge < -0.3 is 16.0 Å². The van der Waals surface area contributed by atoms with Gasteiger partial charge in [-0.05, 0) is 78.3 Å². The average Bonchev–Trinajstić information content (AvgIpc) is 2.62. The highest BCUT2D eigenvalue weighted by atomic mass is 16.1. The van der Waals surface area contributed by atoms with Crippen molar-refractivity contribution in [3.63, 3.8) is 0 Å². The lowest BCUT2D eigenvalue weighted by Gasteiger charge is -2.50. The highest BCUT2D eigenvalue weighted by molar-refractivity contribution is 5.75. The molecular weight excluding hydrogens is 300 g/mol. The van der Waals surface area contributed by atoms with Crippen LogP contribution in [0.3, 0.4) is 0 Å². The van der Waals surface area contributed by atoms with Gasteiger partial charge in [-0.2, -0.15) is 0 Å². The summed E-state index contributed by atoms with van der Waals surface area (Å²) < 4.78 is 0. The number of unbranched alkanes of at least 4 members (excludes halogenated alkanes) is 3. The summed E-state index contributed by atoms with van der Waals surface area (Å²) in [6, 6.07) is 0. The Morgan fingerprint density at radius 3 is 2.33 bits per heavy atom. The van der Waals surface area contributed by atoms with E-state index in [1.54, 1.807) is 0 Å². The van der Waals surface area contributed by atoms with Gasteiger partial charge in [-0.3, -0.25) is 9.69 Å². The molecule has 5 heteroatoms. The largest absolute Gasteiger partial charge is 0.354 e. The van der Waals surface area contributed by atoms with E-state index in [1.807, 2.05) is 0 Å². The molecule has 0 spiro atoms. The van der Waals surface area contributed by atoms with E-state index in [2.05, 4.69) is 22.2 Å². The minimum atomic E-state index is 0.197. The second-order valence-electron chi connectivity index (χ2n) is 7.80. The lowest BCUT2D eigenvalue weighted by molar-refractivity contribution is -0.122. The Kier molecular flexibility index (Phi) is 8.50. The minimum absolute atomic E-state index is 0.197. The Morgan fingerprint density at radius 2 is 1.67 bits per heavy atom. The molecule has 2 heterocycles. The van der Waals surface area contributed by atoms with E-state index in [9.17, 15) is 4.79 Å². The molecule has 0 unspecified atom stereocenters. The van der Waals surface area contributed by atoms with Crippen LogP contribution in [0.4, 0.5) is 0 Å². The van der Waals surface area contributed by atoms with Gasteiger partial charge in [0.15, 0.2) is 0 Å². The molecule has 0 aromatic rings. The van der Waals surface area contributed by atoms with Crippen LogP contribution in [0, 0.1) is 0 Å². The number of likely N-dealkylation sites (tertiary alicyclic amines) is 2. The van der Waals surface area contributed by atoms with Crippen molar-refractivity contribution in [2.45, 2.75) is 69.7 Å². The van der Waals surface area contributed by atoms with Crippen LogP contribution in [-0.4, -0.2) is 67.6 Å². The number of hydrogen-bond donors (Lipinski definition) is 2. The average molecular weight is 339 g/mol. The predicted molar refractivity (Wildman–Crippen MR) is 100 cm³/mol. The maximum Gasteiger partial charge on any atom is 0.220 e. The normalized spacial score (nSPS) is 22.4. The van der Waals surface area contributed by atoms with Crippen LogP contribution in [0.1, 0.15) is 64.2 Å². The fourth-order valence-corrected chi connectivity index (χ4v) is 4.14. The van der Waals surface area contributed by atoms with Crippen LogP contribution >= 0.6 is 0 Å². The Bertz CT molecular complexity index is 360. The third kappa shape index (κ3) is 6.01. The van der Waals surface area contributed by atoms with Crippen LogP contribution in [0.5, 0.6) is 0 Å². The van der Waals surface area contributed by atoms with Crippen LogP contribution in [0.15, 0.2) is 0 Å². The zero-order valence-electron chi connectivity index (χ0n) is 15.7. The first kappa shape index (κ1) is 19.7. The Balaban J connectivity index is 1.79. The van der Waals surface area contributed by atoms with Crippen molar-refractivity contribution >= 4 is 5.91 Å². The van der Waals surface area contributed by atoms with Gasteiger partial charge >= 0.3 is 0 Å². The van der Waals surface area contributed by atoms with Gasteiger partial charge in [0, 0.05) is 18.5 Å². The van der Waals surface area contributed by atoms with Crippen LogP contribution in [-0.2, 0) is 4.79 Å². The molecule has 0 bridgehead atoms. The third-order valence-corrected chi connectivity index (χ3v) is 5.92. The molecule has 24 heavy (non-hydrogen) atoms. The molecule has 2 saturated heterocycles. The number of piperidine rings is 2. The molecule has 5 nitrogen and oxygen atoms in total. The van der Waals surface area contributed by atoms with Gasteiger partial charge in [-0.1, -0.05) is 19.3 Å². The van der Waals surface area contributed by atoms with E-state index in [0.717, 1.165) is 51.9 Å². The second-order valence-corrected chi connectivity index (χ2v) is 7.80. The summed E-state index contributed by atoms with van der Waals surface area (Å²) >= 11 is 0. The fraction of sp³-hybridized carbons (Fsp3) is 0.947. The summed E-state index contributed by atoms with van der Waals surface area (Å²) in [6.45, 7) is 6.30. The first-order valence-corrected chi connectivity index (χ1v) is 10.1. The number of amides is 1. The van der Waals surface area contributed by atoms with E-state index < -0.39 is 0 Å². The molecule has 0 atom stereocenters. The first-order chi connectivity index (χ1) is 11.7. The van der Waals surface area contributed by atoms with E-state index in [4.69, 9.17) is 5.73 Å². The smallest absolute Gasteiger partial charge is 0.220 e. The Labute approximate surface area is 148 Å². The number of carbonyl (C=O) groups is 1. The molecule has 0 saturated carbocycles. The van der Waals surface area contributed by atoms with Gasteiger partial charge in [0.2, 0.25) is 5.91 Å². The van der Waals surface area contributed by atoms with Crippen molar-refractivity contribution < 1.29 is 4.79 Å². The maximum atomic E-state index is 12.2. The summed E-state index contributed by atoms with van der Waals surface area (Å²) in [7, 11) is 2.21. The lowest BCUT2D eigenvalue weighted by Crippen LogP contribution is -2.61. The second kappa shape index (κ2) is 10.4. The monoisotopic (exact) mass is 338 g/mol. The standard InChI is InChI=1S/C19H38N4O/c1-22-15-10-19(11-16-22,23-13-7-4-8-14-23)17-21-18(24)9-5-2-3-6-12-20/h2-17,20H2,1H3,(H,21,24). The SMILES string of the molecule is CN1CCC(CNC(=O)CCCCCCN)(N2CCCCC2)CC1. The maximum absolute atomic E-state index is 12.2. The van der Waals surface area contributed by atoms with Crippen LogP contribution < -0.4 is 11.1 Å². The molecule has 0 aromatic carbocycles. The van der Waals surface area contributed by atoms with Gasteiger partial charge in [-0.25, -0.2) is 0 Å². The quantitative estimate of drug-likeness (QED) is 0.631. The zero-order chi connectivity index (χ0) is 17.3. The molecule has 0 radical (unpaired) electrons. The zero-order valence-corrected chi connectivity index (χ0v) is 15.7. The van der Waals surface area contributed by atoms with Crippen molar-refractivity contribution in [1.82, 2.24) is 15.1 Å². The molecule has 0 aromatic heterocycles. The van der Waals surface area contributed by atoms with E-state index >= 15 is 0 Å². The third-order valence-electron chi connectivity index (χ3n) is 5.92. The van der Waals surface area contributed by atoms with E-state index in [1.165, 1.54) is 45.2 Å². The molecule has 1 amide bonds. The number of rotatable bonds is 9. The predicted octanol–water partition coefficient (Wildman–Crippen LogP) is 1.96. The van der Waals surface area contributed by atoms with Gasteiger partial charge in [0.1, 0.15) is 0 Å². The summed E-state index contributed by atoms with van der Waals surface area (Å²) in [5.41, 5.74) is 5.71. The molecule has 140 valence electrons. The number of carbonyl (C=O) groups excluding carboxylic acids is 1. The lowest BCUT2D eigenvalue weighted by atomic mass is 9.84. The van der Waals surface area contributed by atoms with E-state index in [-0.39, 0.29) is 11.4 Å². The molecule has 2 aliphatic heterocycles. The Hall–Kier alpha value is -0.650. The molecular formula is C19H38N4O. The van der Waals surface area contributed by atoms with Crippen LogP contribution in [0.2, 0.25) is 0 Å². The Morgan fingerprint density at radius 1 is 1.00 bits per heavy atom. The van der Waals surface area contributed by atoms with Crippen molar-refractivity contribution in [3.8, 4) is 0 Å². The van der Waals surface area contributed by atoms with Crippen molar-refractivity contribution in [1.29, 1.82) is 0 Å². The first-order valence-electron chi connectivity index (χ1n) is 10.1. The van der Waals surface area contributed by atoms with Crippen molar-refractivity contribution in [3.05, 3.63) is 0 Å². The van der Waals surface area contributed by atoms with Gasteiger partial charge in [-0.15, -0.1) is 0 Å². The van der Waals surface area contributed by atoms with Gasteiger partial charge in [0.05, 0.1) is 0 Å². The van der Waals surface area contributed by atoms with Crippen molar-refractivity contribution in [2.24, 2.45) is 5.73 Å². The minimum Gasteiger partial charge on any atom is -0.354 e. The molecule has 2 fully saturated rings.